The van der Waals surface area contributed by atoms with E-state index in [0.29, 0.717) is 16.8 Å². The van der Waals surface area contributed by atoms with Gasteiger partial charge in [0.15, 0.2) is 0 Å². The van der Waals surface area contributed by atoms with Crippen molar-refractivity contribution in [1.82, 2.24) is 20.0 Å². The Morgan fingerprint density at radius 2 is 1.88 bits per heavy atom. The highest BCUT2D eigenvalue weighted by molar-refractivity contribution is 6.00. The molecule has 9 nitrogen and oxygen atoms in total. The van der Waals surface area contributed by atoms with Crippen LogP contribution in [0.1, 0.15) is 29.8 Å². The van der Waals surface area contributed by atoms with E-state index in [1.807, 2.05) is 13.8 Å². The highest BCUT2D eigenvalue weighted by Crippen LogP contribution is 2.26. The zero-order valence-electron chi connectivity index (χ0n) is 18.0. The molecule has 33 heavy (non-hydrogen) atoms. The van der Waals surface area contributed by atoms with Gasteiger partial charge in [-0.05, 0) is 55.8 Å². The molecule has 12 heteroatoms. The molecule has 2 N–H and O–H groups in total. The molecular weight excluding hydrogens is 443 g/mol. The SMILES string of the molecule is CC(C)N(Cc1ccn2ncc(C(=O)NO)c2c1)C(=O)N(C)c1ccc(OC(F)(F)F)cc1. The van der Waals surface area contributed by atoms with E-state index in [0.717, 1.165) is 12.1 Å². The molecule has 3 amide bonds. The molecule has 2 aromatic heterocycles. The summed E-state index contributed by atoms with van der Waals surface area (Å²) < 4.78 is 42.4. The Morgan fingerprint density at radius 3 is 2.45 bits per heavy atom. The number of pyridine rings is 1. The first kappa shape index (κ1) is 23.9. The van der Waals surface area contributed by atoms with Crippen LogP contribution in [0.5, 0.6) is 5.75 Å². The summed E-state index contributed by atoms with van der Waals surface area (Å²) in [5, 5.41) is 13.0. The van der Waals surface area contributed by atoms with Gasteiger partial charge in [-0.15, -0.1) is 13.2 Å². The molecule has 0 bridgehead atoms. The third kappa shape index (κ3) is 5.52. The lowest BCUT2D eigenvalue weighted by Crippen LogP contribution is -2.44. The average Bonchev–Trinajstić information content (AvgIpc) is 3.18. The summed E-state index contributed by atoms with van der Waals surface area (Å²) in [5.41, 5.74) is 3.28. The van der Waals surface area contributed by atoms with Gasteiger partial charge in [0, 0.05) is 31.5 Å². The number of carbonyl (C=O) groups excluding carboxylic acids is 2. The topological polar surface area (TPSA) is 99.4 Å². The largest absolute Gasteiger partial charge is 0.573 e. The number of urea groups is 1. The van der Waals surface area contributed by atoms with Gasteiger partial charge in [-0.1, -0.05) is 0 Å². The lowest BCUT2D eigenvalue weighted by Gasteiger charge is -2.31. The van der Waals surface area contributed by atoms with E-state index >= 15 is 0 Å². The molecule has 176 valence electrons. The van der Waals surface area contributed by atoms with Gasteiger partial charge in [-0.2, -0.15) is 5.10 Å². The minimum absolute atomic E-state index is 0.167. The molecule has 0 atom stereocenters. The van der Waals surface area contributed by atoms with Crippen molar-refractivity contribution in [2.75, 3.05) is 11.9 Å². The molecule has 0 aliphatic heterocycles. The molecule has 1 aromatic carbocycles. The summed E-state index contributed by atoms with van der Waals surface area (Å²) in [6.45, 7) is 3.85. The molecule has 3 aromatic rings. The average molecular weight is 465 g/mol. The number of nitrogens with zero attached hydrogens (tertiary/aromatic N) is 4. The van der Waals surface area contributed by atoms with Crippen molar-refractivity contribution in [3.8, 4) is 5.75 Å². The highest BCUT2D eigenvalue weighted by Gasteiger charge is 2.31. The second kappa shape index (κ2) is 9.36. The summed E-state index contributed by atoms with van der Waals surface area (Å²) >= 11 is 0. The standard InChI is InChI=1S/C21H22F3N5O4/c1-13(2)28(12-14-8-9-29-18(10-14)17(11-25-29)19(30)26-32)20(31)27(3)15-4-6-16(7-5-15)33-21(22,23)24/h4-11,13,32H,12H2,1-3H3,(H,26,30). The number of nitrogens with one attached hydrogen (secondary N) is 1. The fourth-order valence-electron chi connectivity index (χ4n) is 3.20. The van der Waals surface area contributed by atoms with Crippen molar-refractivity contribution in [3.05, 3.63) is 59.9 Å². The van der Waals surface area contributed by atoms with Gasteiger partial charge >= 0.3 is 12.4 Å². The molecule has 0 spiro atoms. The molecule has 0 aliphatic carbocycles. The predicted octanol–water partition coefficient (Wildman–Crippen LogP) is 3.82. The van der Waals surface area contributed by atoms with E-state index < -0.39 is 12.3 Å². The molecule has 0 fully saturated rings. The normalized spacial score (nSPS) is 11.5. The first-order valence-electron chi connectivity index (χ1n) is 9.81. The number of hydrogen-bond donors (Lipinski definition) is 2. The van der Waals surface area contributed by atoms with E-state index in [2.05, 4.69) is 9.84 Å². The number of aromatic nitrogens is 2. The summed E-state index contributed by atoms with van der Waals surface area (Å²) in [5.74, 6) is -1.10. The Kier molecular flexibility index (Phi) is 6.77. The van der Waals surface area contributed by atoms with Crippen LogP contribution >= 0.6 is 0 Å². The van der Waals surface area contributed by atoms with Crippen LogP contribution in [0.4, 0.5) is 23.7 Å². The van der Waals surface area contributed by atoms with Crippen LogP contribution in [-0.4, -0.2) is 51.1 Å². The van der Waals surface area contributed by atoms with E-state index in [-0.39, 0.29) is 29.9 Å². The minimum atomic E-state index is -4.80. The van der Waals surface area contributed by atoms with Gasteiger partial charge in [0.1, 0.15) is 5.75 Å². The predicted molar refractivity (Wildman–Crippen MR) is 112 cm³/mol. The zero-order chi connectivity index (χ0) is 24.3. The van der Waals surface area contributed by atoms with Crippen LogP contribution in [0.25, 0.3) is 5.52 Å². The van der Waals surface area contributed by atoms with E-state index in [1.165, 1.54) is 34.8 Å². The quantitative estimate of drug-likeness (QED) is 0.426. The number of carbonyl (C=O) groups is 2. The van der Waals surface area contributed by atoms with Gasteiger partial charge in [-0.3, -0.25) is 14.9 Å². The number of amides is 3. The first-order chi connectivity index (χ1) is 15.5. The fourth-order valence-corrected chi connectivity index (χ4v) is 3.20. The Bertz CT molecular complexity index is 1150. The van der Waals surface area contributed by atoms with Gasteiger partial charge in [0.25, 0.3) is 5.91 Å². The van der Waals surface area contributed by atoms with Gasteiger partial charge < -0.3 is 9.64 Å². The number of rotatable bonds is 6. The van der Waals surface area contributed by atoms with Crippen molar-refractivity contribution >= 4 is 23.1 Å². The fraction of sp³-hybridized carbons (Fsp3) is 0.286. The molecule has 0 radical (unpaired) electrons. The molecule has 0 saturated heterocycles. The van der Waals surface area contributed by atoms with Crippen LogP contribution in [-0.2, 0) is 6.54 Å². The maximum atomic E-state index is 13.2. The van der Waals surface area contributed by atoms with Crippen molar-refractivity contribution in [2.45, 2.75) is 32.8 Å². The number of halogens is 3. The zero-order valence-corrected chi connectivity index (χ0v) is 18.0. The lowest BCUT2D eigenvalue weighted by molar-refractivity contribution is -0.274. The second-order valence-corrected chi connectivity index (χ2v) is 7.47. The van der Waals surface area contributed by atoms with Crippen molar-refractivity contribution < 1.29 is 32.7 Å². The summed E-state index contributed by atoms with van der Waals surface area (Å²) in [4.78, 5) is 27.9. The van der Waals surface area contributed by atoms with Crippen molar-refractivity contribution in [2.24, 2.45) is 0 Å². The molecule has 3 rings (SSSR count). The minimum Gasteiger partial charge on any atom is -0.406 e. The lowest BCUT2D eigenvalue weighted by atomic mass is 10.1. The van der Waals surface area contributed by atoms with Crippen molar-refractivity contribution in [1.29, 1.82) is 0 Å². The van der Waals surface area contributed by atoms with E-state index in [9.17, 15) is 22.8 Å². The van der Waals surface area contributed by atoms with E-state index in [1.54, 1.807) is 28.7 Å². The number of hydrogen-bond acceptors (Lipinski definition) is 5. The number of fused-ring (bicyclic) bond motifs is 1. The molecule has 0 saturated carbocycles. The Labute approximate surface area is 186 Å². The van der Waals surface area contributed by atoms with Crippen LogP contribution in [0.15, 0.2) is 48.8 Å². The number of anilines is 1. The van der Waals surface area contributed by atoms with Gasteiger partial charge in [-0.25, -0.2) is 14.8 Å². The van der Waals surface area contributed by atoms with Crippen LogP contribution < -0.4 is 15.1 Å². The number of hydroxylamine groups is 1. The van der Waals surface area contributed by atoms with Crippen molar-refractivity contribution in [3.63, 3.8) is 0 Å². The first-order valence-corrected chi connectivity index (χ1v) is 9.81. The molecular formula is C21H22F3N5O4. The molecule has 2 heterocycles. The maximum absolute atomic E-state index is 13.2. The van der Waals surface area contributed by atoms with Gasteiger partial charge in [0.2, 0.25) is 0 Å². The summed E-state index contributed by atoms with van der Waals surface area (Å²) in [6.07, 6.45) is -1.85. The Morgan fingerprint density at radius 1 is 1.21 bits per heavy atom. The Balaban J connectivity index is 1.81. The molecule has 0 aliphatic rings. The molecule has 0 unspecified atom stereocenters. The third-order valence-electron chi connectivity index (χ3n) is 4.90. The van der Waals surface area contributed by atoms with Gasteiger partial charge in [0.05, 0.1) is 17.3 Å². The summed E-state index contributed by atoms with van der Waals surface area (Å²) in [7, 11) is 1.52. The third-order valence-corrected chi connectivity index (χ3v) is 4.90. The second-order valence-electron chi connectivity index (χ2n) is 7.47. The smallest absolute Gasteiger partial charge is 0.406 e. The Hall–Kier alpha value is -3.80. The van der Waals surface area contributed by atoms with E-state index in [4.69, 9.17) is 5.21 Å². The number of alkyl halides is 3. The highest BCUT2D eigenvalue weighted by atomic mass is 19.4. The monoisotopic (exact) mass is 465 g/mol. The van der Waals surface area contributed by atoms with Crippen LogP contribution in [0.3, 0.4) is 0 Å². The van der Waals surface area contributed by atoms with Crippen LogP contribution in [0.2, 0.25) is 0 Å². The number of benzene rings is 1. The maximum Gasteiger partial charge on any atom is 0.573 e. The van der Waals surface area contributed by atoms with Crippen LogP contribution in [0, 0.1) is 0 Å². The summed E-state index contributed by atoms with van der Waals surface area (Å²) in [6, 6.07) is 7.81. The number of ether oxygens (including phenoxy) is 1.